The van der Waals surface area contributed by atoms with Gasteiger partial charge in [-0.25, -0.2) is 23.4 Å². The summed E-state index contributed by atoms with van der Waals surface area (Å²) in [4.78, 5) is 15.5. The Morgan fingerprint density at radius 3 is 2.22 bits per heavy atom. The largest absolute Gasteiger partial charge is 0.378 e. The summed E-state index contributed by atoms with van der Waals surface area (Å²) in [6.45, 7) is 4.93. The monoisotopic (exact) mass is 458 g/mol. The van der Waals surface area contributed by atoms with E-state index in [-0.39, 0.29) is 5.03 Å². The predicted molar refractivity (Wildman–Crippen MR) is 125 cm³/mol. The molecule has 0 amide bonds. The van der Waals surface area contributed by atoms with E-state index in [4.69, 9.17) is 4.74 Å². The number of ether oxygens (including phenoxy) is 1. The number of aryl methyl sites for hydroxylation is 1. The summed E-state index contributed by atoms with van der Waals surface area (Å²) in [6.07, 6.45) is 14.6. The molecular weight excluding hydrogens is 424 g/mol. The number of pyridine rings is 1. The van der Waals surface area contributed by atoms with Crippen molar-refractivity contribution in [2.45, 2.75) is 68.9 Å². The number of aromatic nitrogens is 3. The number of rotatable bonds is 7. The van der Waals surface area contributed by atoms with Crippen molar-refractivity contribution in [3.63, 3.8) is 0 Å². The number of hydrogen-bond acceptors (Lipinski definition) is 7. The predicted octanol–water partition coefficient (Wildman–Crippen LogP) is 3.80. The van der Waals surface area contributed by atoms with E-state index in [0.717, 1.165) is 76.2 Å². The molecule has 174 valence electrons. The summed E-state index contributed by atoms with van der Waals surface area (Å²) >= 11 is 0. The number of piperidine rings is 1. The van der Waals surface area contributed by atoms with E-state index in [9.17, 15) is 8.42 Å². The van der Waals surface area contributed by atoms with Crippen LogP contribution in [-0.2, 0) is 21.0 Å². The number of sulfone groups is 1. The second kappa shape index (κ2) is 10.3. The molecule has 0 bridgehead atoms. The Labute approximate surface area is 191 Å². The molecule has 0 atom stereocenters. The molecule has 0 radical (unpaired) electrons. The van der Waals surface area contributed by atoms with Crippen LogP contribution >= 0.6 is 0 Å². The van der Waals surface area contributed by atoms with Crippen LogP contribution in [-0.4, -0.2) is 55.4 Å². The molecule has 0 spiro atoms. The zero-order valence-corrected chi connectivity index (χ0v) is 19.9. The van der Waals surface area contributed by atoms with Crippen LogP contribution in [0.3, 0.4) is 0 Å². The first-order valence-electron chi connectivity index (χ1n) is 11.8. The molecular formula is C24H34N4O3S. The molecule has 0 aromatic carbocycles. The summed E-state index contributed by atoms with van der Waals surface area (Å²) in [5, 5.41) is 0.147. The highest BCUT2D eigenvalue weighted by Gasteiger charge is 2.26. The highest BCUT2D eigenvalue weighted by Crippen LogP contribution is 2.34. The van der Waals surface area contributed by atoms with Crippen LogP contribution in [0, 0.1) is 5.92 Å². The molecule has 0 N–H and O–H groups in total. The van der Waals surface area contributed by atoms with Gasteiger partial charge in [-0.3, -0.25) is 0 Å². The van der Waals surface area contributed by atoms with E-state index in [0.29, 0.717) is 17.9 Å². The highest BCUT2D eigenvalue weighted by atomic mass is 32.2. The third-order valence-electron chi connectivity index (χ3n) is 6.85. The molecule has 2 aromatic heterocycles. The maximum atomic E-state index is 11.6. The second-order valence-corrected chi connectivity index (χ2v) is 11.1. The van der Waals surface area contributed by atoms with E-state index in [1.165, 1.54) is 11.8 Å². The molecule has 0 unspecified atom stereocenters. The van der Waals surface area contributed by atoms with Gasteiger partial charge in [0.25, 0.3) is 0 Å². The van der Waals surface area contributed by atoms with Crippen LogP contribution < -0.4 is 4.90 Å². The molecule has 3 heterocycles. The third-order valence-corrected chi connectivity index (χ3v) is 7.85. The molecule has 1 aliphatic carbocycles. The first kappa shape index (κ1) is 23.1. The van der Waals surface area contributed by atoms with Crippen LogP contribution in [0.1, 0.15) is 62.5 Å². The van der Waals surface area contributed by atoms with Gasteiger partial charge in [-0.15, -0.1) is 0 Å². The van der Waals surface area contributed by atoms with Crippen molar-refractivity contribution in [2.24, 2.45) is 5.92 Å². The highest BCUT2D eigenvalue weighted by molar-refractivity contribution is 7.90. The van der Waals surface area contributed by atoms with Crippen LogP contribution in [0.5, 0.6) is 0 Å². The van der Waals surface area contributed by atoms with Crippen molar-refractivity contribution < 1.29 is 13.2 Å². The lowest BCUT2D eigenvalue weighted by molar-refractivity contribution is 0.000543. The van der Waals surface area contributed by atoms with Gasteiger partial charge >= 0.3 is 0 Å². The van der Waals surface area contributed by atoms with Crippen LogP contribution in [0.2, 0.25) is 0 Å². The molecule has 2 fully saturated rings. The molecule has 4 rings (SSSR count). The van der Waals surface area contributed by atoms with Crippen LogP contribution in [0.15, 0.2) is 35.7 Å². The van der Waals surface area contributed by atoms with Gasteiger partial charge < -0.3 is 9.64 Å². The molecule has 2 aromatic rings. The minimum absolute atomic E-state index is 0.147. The average molecular weight is 459 g/mol. The smallest absolute Gasteiger partial charge is 0.225 e. The zero-order valence-electron chi connectivity index (χ0n) is 19.1. The minimum Gasteiger partial charge on any atom is -0.378 e. The lowest BCUT2D eigenvalue weighted by atomic mass is 9.83. The summed E-state index contributed by atoms with van der Waals surface area (Å²) in [5.74, 6) is 1.89. The summed E-state index contributed by atoms with van der Waals surface area (Å²) < 4.78 is 29.5. The topological polar surface area (TPSA) is 85.3 Å². The van der Waals surface area contributed by atoms with Gasteiger partial charge in [0, 0.05) is 44.5 Å². The van der Waals surface area contributed by atoms with Gasteiger partial charge in [-0.1, -0.05) is 13.0 Å². The Morgan fingerprint density at radius 2 is 1.66 bits per heavy atom. The standard InChI is InChI=1S/C24H34N4O3S/c1-3-18-14-26-24(27-15-18)28-12-10-19(11-13-28)17-31-22-7-4-20(5-8-22)21-6-9-23(25-16-21)32(2,29)30/h6,9,14-16,19-20,22H,3-5,7-8,10-13,17H2,1-2H3. The van der Waals surface area contributed by atoms with Gasteiger partial charge in [-0.2, -0.15) is 0 Å². The van der Waals surface area contributed by atoms with Crippen LogP contribution in [0.25, 0.3) is 0 Å². The molecule has 32 heavy (non-hydrogen) atoms. The Bertz CT molecular complexity index is 963. The number of hydrogen-bond donors (Lipinski definition) is 0. The Balaban J connectivity index is 1.18. The molecule has 1 saturated heterocycles. The molecule has 1 saturated carbocycles. The molecule has 7 nitrogen and oxygen atoms in total. The fourth-order valence-corrected chi connectivity index (χ4v) is 5.24. The molecule has 8 heteroatoms. The van der Waals surface area contributed by atoms with Crippen molar-refractivity contribution in [3.8, 4) is 0 Å². The van der Waals surface area contributed by atoms with Crippen molar-refractivity contribution in [1.82, 2.24) is 15.0 Å². The van der Waals surface area contributed by atoms with Crippen molar-refractivity contribution >= 4 is 15.8 Å². The SMILES string of the molecule is CCc1cnc(N2CCC(COC3CCC(c4ccc(S(C)(=O)=O)nc4)CC3)CC2)nc1. The van der Waals surface area contributed by atoms with E-state index >= 15 is 0 Å². The number of nitrogens with zero attached hydrogens (tertiary/aromatic N) is 4. The molecule has 1 aliphatic heterocycles. The maximum Gasteiger partial charge on any atom is 0.225 e. The fourth-order valence-electron chi connectivity index (χ4n) is 4.68. The van der Waals surface area contributed by atoms with Gasteiger partial charge in [0.1, 0.15) is 0 Å². The third kappa shape index (κ3) is 5.84. The Morgan fingerprint density at radius 1 is 0.969 bits per heavy atom. The van der Waals surface area contributed by atoms with Crippen molar-refractivity contribution in [2.75, 3.05) is 30.9 Å². The van der Waals surface area contributed by atoms with Crippen LogP contribution in [0.4, 0.5) is 5.95 Å². The average Bonchev–Trinajstić information content (AvgIpc) is 2.83. The lowest BCUT2D eigenvalue weighted by Crippen LogP contribution is -2.36. The Hall–Kier alpha value is -2.06. The van der Waals surface area contributed by atoms with Gasteiger partial charge in [-0.05, 0) is 74.0 Å². The van der Waals surface area contributed by atoms with Gasteiger partial charge in [0.2, 0.25) is 5.95 Å². The quantitative estimate of drug-likeness (QED) is 0.624. The Kier molecular flexibility index (Phi) is 7.40. The van der Waals surface area contributed by atoms with E-state index < -0.39 is 9.84 Å². The van der Waals surface area contributed by atoms with E-state index in [1.807, 2.05) is 18.5 Å². The normalized spacial score (nSPS) is 22.8. The van der Waals surface area contributed by atoms with Gasteiger partial charge in [0.15, 0.2) is 14.9 Å². The van der Waals surface area contributed by atoms with E-state index in [1.54, 1.807) is 12.3 Å². The number of anilines is 1. The van der Waals surface area contributed by atoms with Crippen molar-refractivity contribution in [1.29, 1.82) is 0 Å². The summed E-state index contributed by atoms with van der Waals surface area (Å²) in [7, 11) is -3.24. The summed E-state index contributed by atoms with van der Waals surface area (Å²) in [5.41, 5.74) is 2.31. The van der Waals surface area contributed by atoms with Crippen molar-refractivity contribution in [3.05, 3.63) is 41.9 Å². The fraction of sp³-hybridized carbons (Fsp3) is 0.625. The first-order valence-corrected chi connectivity index (χ1v) is 13.6. The second-order valence-electron chi connectivity index (χ2n) is 9.18. The first-order chi connectivity index (χ1) is 15.4. The maximum absolute atomic E-state index is 11.6. The molecule has 2 aliphatic rings. The minimum atomic E-state index is -3.24. The van der Waals surface area contributed by atoms with Gasteiger partial charge in [0.05, 0.1) is 6.10 Å². The zero-order chi connectivity index (χ0) is 22.6. The van der Waals surface area contributed by atoms with E-state index in [2.05, 4.69) is 26.8 Å². The summed E-state index contributed by atoms with van der Waals surface area (Å²) in [6, 6.07) is 3.55. The lowest BCUT2D eigenvalue weighted by Gasteiger charge is -2.34.